The van der Waals surface area contributed by atoms with Crippen molar-refractivity contribution in [1.29, 1.82) is 0 Å². The van der Waals surface area contributed by atoms with E-state index in [0.717, 1.165) is 47.5 Å². The fourth-order valence-electron chi connectivity index (χ4n) is 3.90. The summed E-state index contributed by atoms with van der Waals surface area (Å²) in [7, 11) is 0. The van der Waals surface area contributed by atoms with Crippen LogP contribution in [0.2, 0.25) is 0 Å². The number of nitrogens with one attached hydrogen (secondary N) is 1. The fraction of sp³-hybridized carbons (Fsp3) is 0.333. The Morgan fingerprint density at radius 1 is 1.11 bits per heavy atom. The van der Waals surface area contributed by atoms with Gasteiger partial charge in [0.2, 0.25) is 0 Å². The number of benzene rings is 2. The van der Waals surface area contributed by atoms with E-state index in [1.807, 2.05) is 24.5 Å². The predicted molar refractivity (Wildman–Crippen MR) is 110 cm³/mol. The minimum Gasteiger partial charge on any atom is -0.391 e. The van der Waals surface area contributed by atoms with Gasteiger partial charge in [0.25, 0.3) is 0 Å². The highest BCUT2D eigenvalue weighted by Gasteiger charge is 2.23. The van der Waals surface area contributed by atoms with Crippen LogP contribution in [-0.4, -0.2) is 31.8 Å². The number of nitrogens with zero attached hydrogens (tertiary/aromatic N) is 3. The first-order chi connectivity index (χ1) is 13.3. The van der Waals surface area contributed by atoms with Crippen molar-refractivity contribution >= 4 is 37.7 Å². The lowest BCUT2D eigenvalue weighted by Gasteiger charge is -2.27. The fourth-order valence-corrected chi connectivity index (χ4v) is 4.89. The summed E-state index contributed by atoms with van der Waals surface area (Å²) in [6.07, 6.45) is 5.81. The Balaban J connectivity index is 1.39. The van der Waals surface area contributed by atoms with Crippen LogP contribution in [-0.2, 0) is 6.54 Å². The lowest BCUT2D eigenvalue weighted by molar-refractivity contribution is 0.116. The van der Waals surface area contributed by atoms with E-state index in [0.29, 0.717) is 0 Å². The number of aliphatic hydroxyl groups excluding tert-OH is 1. The first kappa shape index (κ1) is 16.7. The number of hydrogen-bond donors (Lipinski definition) is 2. The Morgan fingerprint density at radius 2 is 2.00 bits per heavy atom. The van der Waals surface area contributed by atoms with Crippen LogP contribution in [0, 0.1) is 0 Å². The van der Waals surface area contributed by atoms with Gasteiger partial charge in [-0.1, -0.05) is 42.4 Å². The lowest BCUT2D eigenvalue weighted by Crippen LogP contribution is -2.36. The molecule has 0 aliphatic heterocycles. The van der Waals surface area contributed by atoms with Crippen molar-refractivity contribution in [2.24, 2.45) is 0 Å². The van der Waals surface area contributed by atoms with Gasteiger partial charge in [-0.3, -0.25) is 0 Å². The molecule has 2 aromatic carbocycles. The number of aliphatic hydroxyl groups is 1. The summed E-state index contributed by atoms with van der Waals surface area (Å²) in [4.78, 5) is 9.18. The Bertz CT molecular complexity index is 1090. The molecule has 0 bridgehead atoms. The van der Waals surface area contributed by atoms with Gasteiger partial charge in [-0.05, 0) is 42.7 Å². The van der Waals surface area contributed by atoms with Crippen LogP contribution in [0.1, 0.15) is 31.2 Å². The van der Waals surface area contributed by atoms with Crippen LogP contribution in [0.3, 0.4) is 0 Å². The minimum atomic E-state index is -0.268. The zero-order chi connectivity index (χ0) is 18.2. The van der Waals surface area contributed by atoms with E-state index in [9.17, 15) is 5.11 Å². The van der Waals surface area contributed by atoms with Gasteiger partial charge in [0.15, 0.2) is 5.13 Å². The van der Waals surface area contributed by atoms with Gasteiger partial charge < -0.3 is 15.0 Å². The third-order valence-electron chi connectivity index (χ3n) is 5.37. The van der Waals surface area contributed by atoms with Gasteiger partial charge in [-0.15, -0.1) is 0 Å². The summed E-state index contributed by atoms with van der Waals surface area (Å²) in [5.74, 6) is 0. The van der Waals surface area contributed by atoms with Crippen molar-refractivity contribution < 1.29 is 5.11 Å². The van der Waals surface area contributed by atoms with Crippen molar-refractivity contribution in [2.75, 3.05) is 5.32 Å². The summed E-state index contributed by atoms with van der Waals surface area (Å²) in [5, 5.41) is 14.5. The molecule has 5 nitrogen and oxygen atoms in total. The molecular weight excluding hydrogens is 356 g/mol. The van der Waals surface area contributed by atoms with E-state index in [1.165, 1.54) is 16.7 Å². The summed E-state index contributed by atoms with van der Waals surface area (Å²) in [6, 6.07) is 14.8. The van der Waals surface area contributed by atoms with Crippen molar-refractivity contribution in [3.63, 3.8) is 0 Å². The van der Waals surface area contributed by atoms with Gasteiger partial charge in [-0.2, -0.15) is 0 Å². The summed E-state index contributed by atoms with van der Waals surface area (Å²) >= 11 is 1.67. The number of anilines is 1. The monoisotopic (exact) mass is 378 g/mol. The van der Waals surface area contributed by atoms with Crippen LogP contribution < -0.4 is 5.32 Å². The second-order valence-electron chi connectivity index (χ2n) is 7.28. The molecule has 0 radical (unpaired) electrons. The van der Waals surface area contributed by atoms with E-state index < -0.39 is 0 Å². The molecule has 0 saturated heterocycles. The minimum absolute atomic E-state index is 0.121. The largest absolute Gasteiger partial charge is 0.391 e. The Kier molecular flexibility index (Phi) is 4.30. The topological polar surface area (TPSA) is 63.0 Å². The molecule has 1 aliphatic rings. The lowest BCUT2D eigenvalue weighted by atomic mass is 9.93. The van der Waals surface area contributed by atoms with E-state index in [4.69, 9.17) is 4.98 Å². The second kappa shape index (κ2) is 6.94. The van der Waals surface area contributed by atoms with Crippen LogP contribution >= 0.6 is 11.3 Å². The maximum Gasteiger partial charge on any atom is 0.184 e. The third kappa shape index (κ3) is 3.31. The molecule has 1 saturated carbocycles. The van der Waals surface area contributed by atoms with E-state index in [1.54, 1.807) is 11.3 Å². The first-order valence-electron chi connectivity index (χ1n) is 9.50. The smallest absolute Gasteiger partial charge is 0.184 e. The maximum atomic E-state index is 10.2. The highest BCUT2D eigenvalue weighted by Crippen LogP contribution is 2.30. The van der Waals surface area contributed by atoms with Crippen LogP contribution in [0.5, 0.6) is 0 Å². The van der Waals surface area contributed by atoms with Crippen LogP contribution in [0.15, 0.2) is 48.8 Å². The zero-order valence-corrected chi connectivity index (χ0v) is 15.8. The van der Waals surface area contributed by atoms with E-state index >= 15 is 0 Å². The molecule has 0 amide bonds. The van der Waals surface area contributed by atoms with Gasteiger partial charge in [0.1, 0.15) is 0 Å². The van der Waals surface area contributed by atoms with Crippen molar-refractivity contribution in [3.05, 3.63) is 54.4 Å². The molecular formula is C21H22N4OS. The molecule has 4 aromatic rings. The molecule has 1 aliphatic carbocycles. The number of rotatable bonds is 4. The first-order valence-corrected chi connectivity index (χ1v) is 10.3. The Labute approximate surface area is 161 Å². The van der Waals surface area contributed by atoms with Crippen molar-refractivity contribution in [3.8, 4) is 0 Å². The van der Waals surface area contributed by atoms with E-state index in [2.05, 4.69) is 39.1 Å². The average Bonchev–Trinajstić information content (AvgIpc) is 3.27. The predicted octanol–water partition coefficient (Wildman–Crippen LogP) is 4.41. The molecule has 0 spiro atoms. The number of imidazole rings is 1. The Morgan fingerprint density at radius 3 is 2.93 bits per heavy atom. The van der Waals surface area contributed by atoms with Crippen LogP contribution in [0.4, 0.5) is 5.13 Å². The van der Waals surface area contributed by atoms with Gasteiger partial charge in [0, 0.05) is 6.54 Å². The molecule has 1 fully saturated rings. The van der Waals surface area contributed by atoms with Crippen LogP contribution in [0.25, 0.3) is 21.3 Å². The molecule has 2 N–H and O–H groups in total. The molecule has 6 heteroatoms. The van der Waals surface area contributed by atoms with Crippen molar-refractivity contribution in [2.45, 2.75) is 44.4 Å². The number of hydrogen-bond acceptors (Lipinski definition) is 5. The normalized spacial score (nSPS) is 20.3. The SMILES string of the molecule is O[C@H]1CCCC[C@H]1Nc1nc2ccc(Cn3cnc4ccccc43)cc2s1. The molecule has 27 heavy (non-hydrogen) atoms. The van der Waals surface area contributed by atoms with Gasteiger partial charge in [-0.25, -0.2) is 9.97 Å². The van der Waals surface area contributed by atoms with E-state index in [-0.39, 0.29) is 12.1 Å². The third-order valence-corrected chi connectivity index (χ3v) is 6.32. The molecule has 5 rings (SSSR count). The molecule has 2 aromatic heterocycles. The summed E-state index contributed by atoms with van der Waals surface area (Å²) < 4.78 is 3.35. The molecule has 0 unspecified atom stereocenters. The maximum absolute atomic E-state index is 10.2. The molecule has 2 heterocycles. The van der Waals surface area contributed by atoms with Crippen molar-refractivity contribution in [1.82, 2.24) is 14.5 Å². The molecule has 138 valence electrons. The summed E-state index contributed by atoms with van der Waals surface area (Å²) in [6.45, 7) is 0.790. The number of thiazole rings is 1. The quantitative estimate of drug-likeness (QED) is 0.552. The van der Waals surface area contributed by atoms with Gasteiger partial charge >= 0.3 is 0 Å². The summed E-state index contributed by atoms with van der Waals surface area (Å²) in [5.41, 5.74) is 4.41. The molecule has 2 atom stereocenters. The highest BCUT2D eigenvalue weighted by atomic mass is 32.1. The zero-order valence-electron chi connectivity index (χ0n) is 15.0. The number of aromatic nitrogens is 3. The highest BCUT2D eigenvalue weighted by molar-refractivity contribution is 7.22. The van der Waals surface area contributed by atoms with Gasteiger partial charge in [0.05, 0.1) is 39.7 Å². The number of para-hydroxylation sites is 2. The Hall–Kier alpha value is -2.44. The average molecular weight is 379 g/mol. The second-order valence-corrected chi connectivity index (χ2v) is 8.32. The standard InChI is InChI=1S/C21H22N4OS/c26-19-8-4-2-6-16(19)23-21-24-17-10-9-14(11-20(17)27-21)12-25-13-22-15-5-1-3-7-18(15)25/h1,3,5,7,9-11,13,16,19,26H,2,4,6,8,12H2,(H,23,24)/t16-,19+/m1/s1. The number of fused-ring (bicyclic) bond motifs is 2.